The summed E-state index contributed by atoms with van der Waals surface area (Å²) in [5, 5.41) is 8.00. The Bertz CT molecular complexity index is 1130. The van der Waals surface area contributed by atoms with E-state index in [4.69, 9.17) is 11.6 Å². The van der Waals surface area contributed by atoms with Gasteiger partial charge in [0.15, 0.2) is 11.6 Å². The van der Waals surface area contributed by atoms with E-state index in [-0.39, 0.29) is 17.6 Å². The fraction of sp³-hybridized carbons (Fsp3) is 0.300. The normalized spacial score (nSPS) is 20.3. The van der Waals surface area contributed by atoms with E-state index >= 15 is 0 Å². The van der Waals surface area contributed by atoms with Crippen molar-refractivity contribution in [2.24, 2.45) is 0 Å². The van der Waals surface area contributed by atoms with E-state index in [0.717, 1.165) is 18.1 Å². The lowest BCUT2D eigenvalue weighted by Crippen LogP contribution is -2.44. The van der Waals surface area contributed by atoms with E-state index in [1.165, 1.54) is 12.1 Å². The summed E-state index contributed by atoms with van der Waals surface area (Å²) >= 11 is 6.00. The van der Waals surface area contributed by atoms with Crippen LogP contribution in [0, 0.1) is 0 Å². The smallest absolute Gasteiger partial charge is 0.324 e. The molecule has 154 valence electrons. The lowest BCUT2D eigenvalue weighted by molar-refractivity contribution is -0.137. The first-order valence-electron chi connectivity index (χ1n) is 9.38. The number of fused-ring (bicyclic) bond motifs is 4. The minimum atomic E-state index is -4.63. The molecule has 2 aromatic heterocycles. The predicted octanol–water partition coefficient (Wildman–Crippen LogP) is 4.37. The quantitative estimate of drug-likeness (QED) is 0.602. The number of alkyl halides is 3. The second-order valence-corrected chi connectivity index (χ2v) is 7.74. The van der Waals surface area contributed by atoms with E-state index < -0.39 is 22.7 Å². The molecule has 0 aliphatic carbocycles. The van der Waals surface area contributed by atoms with Crippen LogP contribution < -0.4 is 0 Å². The maximum Gasteiger partial charge on any atom is 0.417 e. The highest BCUT2D eigenvalue weighted by Crippen LogP contribution is 2.44. The third kappa shape index (κ3) is 2.87. The Hall–Kier alpha value is -2.94. The van der Waals surface area contributed by atoms with Gasteiger partial charge in [-0.2, -0.15) is 13.2 Å². The first-order chi connectivity index (χ1) is 14.4. The van der Waals surface area contributed by atoms with Crippen molar-refractivity contribution in [1.82, 2.24) is 24.6 Å². The molecule has 0 spiro atoms. The van der Waals surface area contributed by atoms with Crippen LogP contribution in [0.2, 0.25) is 5.02 Å². The molecule has 0 saturated carbocycles. The maximum absolute atomic E-state index is 13.3. The Kier molecular flexibility index (Phi) is 4.32. The van der Waals surface area contributed by atoms with Crippen molar-refractivity contribution in [3.8, 4) is 11.4 Å². The van der Waals surface area contributed by atoms with Gasteiger partial charge in [0.2, 0.25) is 0 Å². The van der Waals surface area contributed by atoms with Crippen LogP contribution in [0.15, 0.2) is 42.7 Å². The maximum atomic E-state index is 13.3. The van der Waals surface area contributed by atoms with Crippen LogP contribution in [-0.2, 0) is 12.7 Å². The van der Waals surface area contributed by atoms with Crippen LogP contribution >= 0.6 is 11.6 Å². The molecule has 4 heterocycles. The second kappa shape index (κ2) is 6.80. The number of amides is 1. The molecule has 2 bridgehead atoms. The third-order valence-corrected chi connectivity index (χ3v) is 6.07. The first-order valence-corrected chi connectivity index (χ1v) is 9.76. The van der Waals surface area contributed by atoms with Crippen molar-refractivity contribution in [3.63, 3.8) is 0 Å². The number of carbonyl (C=O) groups excluding carboxylic acids is 1. The van der Waals surface area contributed by atoms with E-state index in [1.807, 2.05) is 10.6 Å². The van der Waals surface area contributed by atoms with E-state index in [0.29, 0.717) is 24.6 Å². The Labute approximate surface area is 174 Å². The largest absolute Gasteiger partial charge is 0.417 e. The molecule has 1 aromatic carbocycles. The van der Waals surface area contributed by atoms with Gasteiger partial charge >= 0.3 is 6.18 Å². The van der Waals surface area contributed by atoms with Crippen molar-refractivity contribution in [3.05, 3.63) is 64.7 Å². The van der Waals surface area contributed by atoms with Crippen LogP contribution in [0.25, 0.3) is 11.4 Å². The zero-order valence-electron chi connectivity index (χ0n) is 15.5. The zero-order valence-corrected chi connectivity index (χ0v) is 16.2. The highest BCUT2D eigenvalue weighted by atomic mass is 35.5. The fourth-order valence-corrected chi connectivity index (χ4v) is 4.65. The number of benzene rings is 1. The Morgan fingerprint density at radius 1 is 1.13 bits per heavy atom. The summed E-state index contributed by atoms with van der Waals surface area (Å²) in [6.07, 6.45) is 0.118. The lowest BCUT2D eigenvalue weighted by Gasteiger charge is -2.35. The number of halogens is 4. The van der Waals surface area contributed by atoms with Crippen LogP contribution in [0.4, 0.5) is 13.2 Å². The molecule has 3 aromatic rings. The van der Waals surface area contributed by atoms with Gasteiger partial charge < -0.3 is 9.47 Å². The van der Waals surface area contributed by atoms with Gasteiger partial charge in [0.1, 0.15) is 0 Å². The van der Waals surface area contributed by atoms with Gasteiger partial charge in [-0.15, -0.1) is 10.2 Å². The van der Waals surface area contributed by atoms with Crippen molar-refractivity contribution in [1.29, 1.82) is 0 Å². The molecular formula is C20H15ClF3N5O. The molecule has 2 aliphatic heterocycles. The molecule has 0 radical (unpaired) electrons. The topological polar surface area (TPSA) is 63.9 Å². The Morgan fingerprint density at radius 2 is 1.97 bits per heavy atom. The molecule has 2 atom stereocenters. The molecule has 1 saturated heterocycles. The zero-order chi connectivity index (χ0) is 21.0. The van der Waals surface area contributed by atoms with E-state index in [1.54, 1.807) is 23.4 Å². The predicted molar refractivity (Wildman–Crippen MR) is 102 cm³/mol. The molecule has 1 fully saturated rings. The number of nitrogens with zero attached hydrogens (tertiary/aromatic N) is 5. The lowest BCUT2D eigenvalue weighted by atomic mass is 10.1. The van der Waals surface area contributed by atoms with Crippen molar-refractivity contribution >= 4 is 17.5 Å². The second-order valence-electron chi connectivity index (χ2n) is 7.36. The number of aromatic nitrogens is 4. The summed E-state index contributed by atoms with van der Waals surface area (Å²) in [5.41, 5.74) is -0.346. The van der Waals surface area contributed by atoms with Gasteiger partial charge in [-0.05, 0) is 37.1 Å². The Morgan fingerprint density at radius 3 is 2.70 bits per heavy atom. The van der Waals surface area contributed by atoms with Crippen molar-refractivity contribution in [2.75, 3.05) is 0 Å². The molecule has 1 amide bonds. The van der Waals surface area contributed by atoms with E-state index in [9.17, 15) is 18.0 Å². The number of rotatable bonds is 2. The molecule has 0 N–H and O–H groups in total. The number of carbonyl (C=O) groups is 1. The summed E-state index contributed by atoms with van der Waals surface area (Å²) < 4.78 is 41.6. The number of hydrogen-bond donors (Lipinski definition) is 0. The van der Waals surface area contributed by atoms with Gasteiger partial charge in [-0.1, -0.05) is 17.7 Å². The molecule has 10 heteroatoms. The molecule has 2 aliphatic rings. The molecule has 6 nitrogen and oxygen atoms in total. The summed E-state index contributed by atoms with van der Waals surface area (Å²) in [6.45, 7) is 0.464. The molecular weight excluding hydrogens is 419 g/mol. The standard InChI is InChI=1S/C20H15ClF3N5O/c21-16-13(4-1-5-14(16)20(22,23)24)19(30)29-12-6-7-15(29)18-27-26-17(28(18)10-12)11-3-2-8-25-9-11/h1-5,8-9,12,15H,6-7,10H2/t12-,15-/m1/s1. The first kappa shape index (κ1) is 19.0. The fourth-order valence-electron chi connectivity index (χ4n) is 4.34. The van der Waals surface area contributed by atoms with Crippen LogP contribution in [0.1, 0.15) is 40.6 Å². The van der Waals surface area contributed by atoms with Crippen LogP contribution in [-0.4, -0.2) is 36.6 Å². The van der Waals surface area contributed by atoms with Gasteiger partial charge in [0.05, 0.1) is 28.2 Å². The summed E-state index contributed by atoms with van der Waals surface area (Å²) in [7, 11) is 0. The summed E-state index contributed by atoms with van der Waals surface area (Å²) in [4.78, 5) is 19.0. The monoisotopic (exact) mass is 433 g/mol. The van der Waals surface area contributed by atoms with Gasteiger partial charge in [0.25, 0.3) is 5.91 Å². The summed E-state index contributed by atoms with van der Waals surface area (Å²) in [5.74, 6) is 0.772. The average molecular weight is 434 g/mol. The molecule has 30 heavy (non-hydrogen) atoms. The number of pyridine rings is 1. The highest BCUT2D eigenvalue weighted by Gasteiger charge is 2.46. The van der Waals surface area contributed by atoms with Crippen molar-refractivity contribution < 1.29 is 18.0 Å². The van der Waals surface area contributed by atoms with Gasteiger partial charge in [-0.3, -0.25) is 9.78 Å². The SMILES string of the molecule is O=C(c1cccc(C(F)(F)F)c1Cl)N1[C@@H]2CC[C@@H]1c1nnc(-c3cccnc3)n1C2. The van der Waals surface area contributed by atoms with Crippen LogP contribution in [0.3, 0.4) is 0 Å². The molecule has 5 rings (SSSR count). The summed E-state index contributed by atoms with van der Waals surface area (Å²) in [6, 6.07) is 6.57. The van der Waals surface area contributed by atoms with Gasteiger partial charge in [-0.25, -0.2) is 0 Å². The number of hydrogen-bond acceptors (Lipinski definition) is 4. The van der Waals surface area contributed by atoms with Crippen molar-refractivity contribution in [2.45, 2.75) is 37.6 Å². The minimum absolute atomic E-state index is 0.149. The van der Waals surface area contributed by atoms with Gasteiger partial charge in [0, 0.05) is 24.5 Å². The highest BCUT2D eigenvalue weighted by molar-refractivity contribution is 6.34. The minimum Gasteiger partial charge on any atom is -0.324 e. The average Bonchev–Trinajstić information content (AvgIpc) is 3.28. The molecule has 0 unspecified atom stereocenters. The third-order valence-electron chi connectivity index (χ3n) is 5.66. The van der Waals surface area contributed by atoms with E-state index in [2.05, 4.69) is 15.2 Å². The van der Waals surface area contributed by atoms with Crippen LogP contribution in [0.5, 0.6) is 0 Å². The Balaban J connectivity index is 1.52.